The van der Waals surface area contributed by atoms with E-state index in [1.807, 2.05) is 8.70 Å². The Bertz CT molecular complexity index is 270. The second kappa shape index (κ2) is 7.62. The average Bonchev–Trinajstić information content (AvgIpc) is 2.34. The summed E-state index contributed by atoms with van der Waals surface area (Å²) in [5.74, 6) is 0. The fourth-order valence-corrected chi connectivity index (χ4v) is 12.9. The van der Waals surface area contributed by atoms with Gasteiger partial charge in [0, 0.05) is 0 Å². The van der Waals surface area contributed by atoms with Crippen LogP contribution in [-0.2, 0) is 0 Å². The van der Waals surface area contributed by atoms with Crippen molar-refractivity contribution in [3.63, 3.8) is 0 Å². The van der Waals surface area contributed by atoms with E-state index in [0.717, 1.165) is 0 Å². The van der Waals surface area contributed by atoms with Crippen molar-refractivity contribution in [2.75, 3.05) is 0 Å². The minimum absolute atomic E-state index is 0.708. The van der Waals surface area contributed by atoms with E-state index >= 15 is 0 Å². The SMILES string of the molecule is CC[As](CC)c1ccccc1[As](CC)CC. The van der Waals surface area contributed by atoms with Crippen molar-refractivity contribution in [2.24, 2.45) is 0 Å². The maximum absolute atomic E-state index is 2.44. The van der Waals surface area contributed by atoms with Crippen molar-refractivity contribution < 1.29 is 0 Å². The molecule has 0 atom stereocenters. The molecule has 1 aromatic rings. The third-order valence-corrected chi connectivity index (χ3v) is 14.8. The minimum atomic E-state index is -0.708. The first kappa shape index (κ1) is 14.4. The molecule has 1 rings (SSSR count). The van der Waals surface area contributed by atoms with Crippen LogP contribution in [0.5, 0.6) is 0 Å². The standard InChI is InChI=1S/C14H24As2/c1-5-15(6-2)13-11-9-10-12-14(13)16(7-3)8-4/h9-12H,5-8H2,1-4H3. The van der Waals surface area contributed by atoms with Gasteiger partial charge in [-0.2, -0.15) is 0 Å². The summed E-state index contributed by atoms with van der Waals surface area (Å²) in [5, 5.41) is 5.71. The summed E-state index contributed by atoms with van der Waals surface area (Å²) >= 11 is -1.42. The second-order valence-corrected chi connectivity index (χ2v) is 15.7. The molecule has 0 bridgehead atoms. The zero-order chi connectivity index (χ0) is 12.0. The van der Waals surface area contributed by atoms with Crippen LogP contribution in [0, 0.1) is 0 Å². The van der Waals surface area contributed by atoms with Gasteiger partial charge in [0.1, 0.15) is 0 Å². The molecule has 0 aromatic heterocycles. The zero-order valence-corrected chi connectivity index (χ0v) is 14.8. The molecule has 0 saturated heterocycles. The van der Waals surface area contributed by atoms with Crippen LogP contribution in [0.3, 0.4) is 0 Å². The van der Waals surface area contributed by atoms with Gasteiger partial charge < -0.3 is 0 Å². The van der Waals surface area contributed by atoms with Gasteiger partial charge in [0.15, 0.2) is 0 Å². The van der Waals surface area contributed by atoms with Gasteiger partial charge in [0.2, 0.25) is 0 Å². The van der Waals surface area contributed by atoms with Gasteiger partial charge in [-0.1, -0.05) is 0 Å². The topological polar surface area (TPSA) is 0 Å². The van der Waals surface area contributed by atoms with Crippen LogP contribution in [0.1, 0.15) is 27.7 Å². The first-order chi connectivity index (χ1) is 7.78. The van der Waals surface area contributed by atoms with Crippen molar-refractivity contribution in [3.8, 4) is 0 Å². The Morgan fingerprint density at radius 1 is 0.688 bits per heavy atom. The Kier molecular flexibility index (Phi) is 6.86. The van der Waals surface area contributed by atoms with E-state index in [9.17, 15) is 0 Å². The summed E-state index contributed by atoms with van der Waals surface area (Å²) in [7, 11) is 0. The molecule has 0 aliphatic heterocycles. The van der Waals surface area contributed by atoms with Gasteiger partial charge in [0.25, 0.3) is 0 Å². The molecule has 0 aliphatic rings. The summed E-state index contributed by atoms with van der Waals surface area (Å²) < 4.78 is 3.62. The Morgan fingerprint density at radius 3 is 1.25 bits per heavy atom. The summed E-state index contributed by atoms with van der Waals surface area (Å²) in [6.45, 7) is 9.54. The molecule has 0 fully saturated rings. The second-order valence-electron chi connectivity index (χ2n) is 3.83. The molecule has 0 aliphatic carbocycles. The summed E-state index contributed by atoms with van der Waals surface area (Å²) in [6, 6.07) is 9.39. The number of rotatable bonds is 6. The first-order valence-corrected chi connectivity index (χ1v) is 13.6. The number of hydrogen-bond donors (Lipinski definition) is 0. The van der Waals surface area contributed by atoms with E-state index in [0.29, 0.717) is 0 Å². The van der Waals surface area contributed by atoms with Crippen LogP contribution in [0.4, 0.5) is 0 Å². The van der Waals surface area contributed by atoms with Crippen molar-refractivity contribution in [1.82, 2.24) is 0 Å². The third kappa shape index (κ3) is 3.41. The fraction of sp³-hybridized carbons (Fsp3) is 0.571. The van der Waals surface area contributed by atoms with Gasteiger partial charge in [-0.15, -0.1) is 0 Å². The van der Waals surface area contributed by atoms with Crippen LogP contribution in [-0.4, -0.2) is 29.3 Å². The Balaban J connectivity index is 3.07. The van der Waals surface area contributed by atoms with E-state index < -0.39 is 29.3 Å². The predicted octanol–water partition coefficient (Wildman–Crippen LogP) is 3.17. The number of hydrogen-bond acceptors (Lipinski definition) is 0. The molecule has 0 spiro atoms. The first-order valence-electron chi connectivity index (χ1n) is 6.37. The van der Waals surface area contributed by atoms with E-state index in [1.54, 1.807) is 0 Å². The molecule has 0 saturated carbocycles. The van der Waals surface area contributed by atoms with Gasteiger partial charge in [-0.3, -0.25) is 0 Å². The molecular weight excluding hydrogens is 318 g/mol. The third-order valence-electron chi connectivity index (χ3n) is 3.09. The van der Waals surface area contributed by atoms with E-state index in [2.05, 4.69) is 52.0 Å². The summed E-state index contributed by atoms with van der Waals surface area (Å²) in [6.07, 6.45) is 0. The van der Waals surface area contributed by atoms with Gasteiger partial charge in [-0.05, 0) is 0 Å². The molecule has 90 valence electrons. The van der Waals surface area contributed by atoms with Crippen LogP contribution in [0.15, 0.2) is 24.3 Å². The number of benzene rings is 1. The molecule has 1 aromatic carbocycles. The molecule has 0 unspecified atom stereocenters. The van der Waals surface area contributed by atoms with E-state index in [1.165, 1.54) is 20.8 Å². The van der Waals surface area contributed by atoms with Crippen LogP contribution >= 0.6 is 0 Å². The Labute approximate surface area is 110 Å². The molecule has 0 nitrogen and oxygen atoms in total. The predicted molar refractivity (Wildman–Crippen MR) is 79.1 cm³/mol. The fourth-order valence-electron chi connectivity index (χ4n) is 2.13. The zero-order valence-electron chi connectivity index (χ0n) is 11.0. The molecule has 0 radical (unpaired) electrons. The van der Waals surface area contributed by atoms with Crippen molar-refractivity contribution in [1.29, 1.82) is 0 Å². The quantitative estimate of drug-likeness (QED) is 0.697. The Hall–Kier alpha value is 0.337. The average molecular weight is 342 g/mol. The molecule has 0 amide bonds. The van der Waals surface area contributed by atoms with Crippen molar-refractivity contribution in [3.05, 3.63) is 24.3 Å². The van der Waals surface area contributed by atoms with E-state index in [-0.39, 0.29) is 0 Å². The van der Waals surface area contributed by atoms with Crippen molar-refractivity contribution in [2.45, 2.75) is 48.5 Å². The monoisotopic (exact) mass is 342 g/mol. The Morgan fingerprint density at radius 2 is 1.00 bits per heavy atom. The molecule has 16 heavy (non-hydrogen) atoms. The summed E-state index contributed by atoms with van der Waals surface area (Å²) in [4.78, 5) is 0. The van der Waals surface area contributed by atoms with Gasteiger partial charge in [0.05, 0.1) is 0 Å². The summed E-state index contributed by atoms with van der Waals surface area (Å²) in [5.41, 5.74) is 0. The van der Waals surface area contributed by atoms with E-state index in [4.69, 9.17) is 0 Å². The van der Waals surface area contributed by atoms with Crippen molar-refractivity contribution >= 4 is 38.0 Å². The van der Waals surface area contributed by atoms with Crippen LogP contribution in [0.25, 0.3) is 0 Å². The normalized spacial score (nSPS) is 11.4. The molecular formula is C14H24As2. The van der Waals surface area contributed by atoms with Crippen LogP contribution in [0.2, 0.25) is 20.8 Å². The maximum atomic E-state index is 2.44. The van der Waals surface area contributed by atoms with Crippen LogP contribution < -0.4 is 8.70 Å². The molecule has 2 heteroatoms. The molecule has 0 N–H and O–H groups in total. The van der Waals surface area contributed by atoms with Gasteiger partial charge >= 0.3 is 111 Å². The van der Waals surface area contributed by atoms with Gasteiger partial charge in [-0.25, -0.2) is 0 Å². The molecule has 0 heterocycles.